The summed E-state index contributed by atoms with van der Waals surface area (Å²) in [5.74, 6) is 0. The van der Waals surface area contributed by atoms with Crippen LogP contribution < -0.4 is 10.6 Å². The average molecular weight is 251 g/mol. The van der Waals surface area contributed by atoms with Crippen LogP contribution in [0, 0.1) is 6.92 Å². The van der Waals surface area contributed by atoms with E-state index in [4.69, 9.17) is 10.8 Å². The summed E-state index contributed by atoms with van der Waals surface area (Å²) in [6, 6.07) is 6.35. The van der Waals surface area contributed by atoms with Gasteiger partial charge in [0.2, 0.25) is 0 Å². The molecule has 1 aliphatic rings. The molecule has 0 spiro atoms. The summed E-state index contributed by atoms with van der Waals surface area (Å²) in [7, 11) is 2.17. The molecule has 0 bridgehead atoms. The number of nitrogens with zero attached hydrogens (tertiary/aromatic N) is 2. The zero-order valence-corrected chi connectivity index (χ0v) is 11.7. The fourth-order valence-corrected chi connectivity index (χ4v) is 1.89. The van der Waals surface area contributed by atoms with Crippen LogP contribution in [0.5, 0.6) is 0 Å². The van der Waals surface area contributed by atoms with Crippen LogP contribution in [0.25, 0.3) is 0 Å². The number of rotatable bonds is 1. The Morgan fingerprint density at radius 3 is 2.28 bits per heavy atom. The molecule has 0 saturated carbocycles. The zero-order valence-electron chi connectivity index (χ0n) is 11.7. The molecule has 0 atom stereocenters. The molecule has 1 aliphatic heterocycles. The number of benzene rings is 1. The van der Waals surface area contributed by atoms with Gasteiger partial charge in [0, 0.05) is 44.2 Å². The average Bonchev–Trinajstić information content (AvgIpc) is 2.35. The van der Waals surface area contributed by atoms with Gasteiger partial charge in [0.05, 0.1) is 0 Å². The molecule has 102 valence electrons. The van der Waals surface area contributed by atoms with E-state index in [2.05, 4.69) is 35.0 Å². The van der Waals surface area contributed by atoms with Gasteiger partial charge in [-0.15, -0.1) is 0 Å². The van der Waals surface area contributed by atoms with Crippen molar-refractivity contribution in [1.82, 2.24) is 4.90 Å². The first-order valence-electron chi connectivity index (χ1n) is 6.49. The van der Waals surface area contributed by atoms with Crippen molar-refractivity contribution >= 4 is 11.4 Å². The molecule has 1 saturated heterocycles. The van der Waals surface area contributed by atoms with E-state index in [-0.39, 0.29) is 6.61 Å². The number of nitrogens with two attached hydrogens (primary N) is 1. The van der Waals surface area contributed by atoms with E-state index < -0.39 is 0 Å². The molecular formula is C14H25N3O. The number of likely N-dealkylation sites (N-methyl/N-ethyl adjacent to an activating group) is 1. The zero-order chi connectivity index (χ0) is 13.5. The molecule has 18 heavy (non-hydrogen) atoms. The van der Waals surface area contributed by atoms with Gasteiger partial charge in [-0.2, -0.15) is 0 Å². The van der Waals surface area contributed by atoms with E-state index in [0.717, 1.165) is 37.4 Å². The Balaban J connectivity index is 0.000000492. The molecule has 2 rings (SSSR count). The minimum Gasteiger partial charge on any atom is -0.398 e. The van der Waals surface area contributed by atoms with E-state index in [0.29, 0.717) is 0 Å². The second-order valence-electron chi connectivity index (χ2n) is 4.65. The molecule has 1 aromatic rings. The summed E-state index contributed by atoms with van der Waals surface area (Å²) < 4.78 is 0. The Morgan fingerprint density at radius 2 is 1.78 bits per heavy atom. The first-order valence-corrected chi connectivity index (χ1v) is 6.49. The van der Waals surface area contributed by atoms with E-state index in [1.165, 1.54) is 5.69 Å². The maximum Gasteiger partial charge on any atom is 0.0402 e. The van der Waals surface area contributed by atoms with Gasteiger partial charge in [-0.3, -0.25) is 0 Å². The molecule has 0 aromatic heterocycles. The molecule has 3 N–H and O–H groups in total. The minimum atomic E-state index is 0.250. The van der Waals surface area contributed by atoms with Gasteiger partial charge < -0.3 is 20.6 Å². The van der Waals surface area contributed by atoms with Crippen molar-refractivity contribution in [3.8, 4) is 0 Å². The molecule has 0 aliphatic carbocycles. The number of aliphatic hydroxyl groups is 1. The SMILES string of the molecule is CCO.Cc1ccc(N2CCN(C)CC2)cc1N. The predicted molar refractivity (Wildman–Crippen MR) is 78.1 cm³/mol. The molecule has 1 fully saturated rings. The third-order valence-electron chi connectivity index (χ3n) is 3.13. The van der Waals surface area contributed by atoms with E-state index in [1.807, 2.05) is 6.92 Å². The highest BCUT2D eigenvalue weighted by Crippen LogP contribution is 2.21. The third kappa shape index (κ3) is 4.20. The maximum atomic E-state index is 7.57. The molecule has 1 heterocycles. The normalized spacial score (nSPS) is 16.1. The lowest BCUT2D eigenvalue weighted by Crippen LogP contribution is -2.44. The first-order chi connectivity index (χ1) is 8.58. The number of hydrogen-bond donors (Lipinski definition) is 2. The Hall–Kier alpha value is -1.26. The fourth-order valence-electron chi connectivity index (χ4n) is 1.89. The number of anilines is 2. The Bertz CT molecular complexity index is 360. The van der Waals surface area contributed by atoms with Crippen LogP contribution >= 0.6 is 0 Å². The number of piperazine rings is 1. The topological polar surface area (TPSA) is 52.7 Å². The highest BCUT2D eigenvalue weighted by molar-refractivity contribution is 5.59. The minimum absolute atomic E-state index is 0.250. The lowest BCUT2D eigenvalue weighted by Gasteiger charge is -2.34. The summed E-state index contributed by atoms with van der Waals surface area (Å²) in [5.41, 5.74) is 9.23. The number of aryl methyl sites for hydroxylation is 1. The largest absolute Gasteiger partial charge is 0.398 e. The maximum absolute atomic E-state index is 7.57. The van der Waals surface area contributed by atoms with Crippen molar-refractivity contribution in [3.05, 3.63) is 23.8 Å². The number of aliphatic hydroxyl groups excluding tert-OH is 1. The highest BCUT2D eigenvalue weighted by Gasteiger charge is 2.14. The summed E-state index contributed by atoms with van der Waals surface area (Å²) >= 11 is 0. The van der Waals surface area contributed by atoms with Crippen molar-refractivity contribution in [2.24, 2.45) is 0 Å². The van der Waals surface area contributed by atoms with Gasteiger partial charge in [-0.25, -0.2) is 0 Å². The van der Waals surface area contributed by atoms with Gasteiger partial charge in [0.1, 0.15) is 0 Å². The smallest absolute Gasteiger partial charge is 0.0402 e. The van der Waals surface area contributed by atoms with E-state index in [1.54, 1.807) is 6.92 Å². The van der Waals surface area contributed by atoms with Gasteiger partial charge in [0.15, 0.2) is 0 Å². The Kier molecular flexibility index (Phi) is 5.95. The van der Waals surface area contributed by atoms with Crippen molar-refractivity contribution in [3.63, 3.8) is 0 Å². The molecule has 4 heteroatoms. The van der Waals surface area contributed by atoms with Crippen LogP contribution in [0.2, 0.25) is 0 Å². The van der Waals surface area contributed by atoms with Crippen LogP contribution in [0.4, 0.5) is 11.4 Å². The van der Waals surface area contributed by atoms with Crippen molar-refractivity contribution in [2.45, 2.75) is 13.8 Å². The summed E-state index contributed by atoms with van der Waals surface area (Å²) in [5, 5.41) is 7.57. The lowest BCUT2D eigenvalue weighted by molar-refractivity contribution is 0.313. The summed E-state index contributed by atoms with van der Waals surface area (Å²) in [6.07, 6.45) is 0. The van der Waals surface area contributed by atoms with Crippen LogP contribution in [-0.2, 0) is 0 Å². The standard InChI is InChI=1S/C12H19N3.C2H6O/c1-10-3-4-11(9-12(10)13)15-7-5-14(2)6-8-15;1-2-3/h3-4,9H,5-8,13H2,1-2H3;3H,2H2,1H3. The molecule has 0 unspecified atom stereocenters. The Morgan fingerprint density at radius 1 is 1.22 bits per heavy atom. The highest BCUT2D eigenvalue weighted by atomic mass is 16.2. The second-order valence-corrected chi connectivity index (χ2v) is 4.65. The summed E-state index contributed by atoms with van der Waals surface area (Å²) in [4.78, 5) is 4.75. The van der Waals surface area contributed by atoms with E-state index in [9.17, 15) is 0 Å². The summed E-state index contributed by atoms with van der Waals surface area (Å²) in [6.45, 7) is 8.43. The fraction of sp³-hybridized carbons (Fsp3) is 0.571. The van der Waals surface area contributed by atoms with Gasteiger partial charge in [-0.1, -0.05) is 6.07 Å². The van der Waals surface area contributed by atoms with Gasteiger partial charge in [-0.05, 0) is 38.6 Å². The molecule has 4 nitrogen and oxygen atoms in total. The molecule has 0 radical (unpaired) electrons. The molecule has 1 aromatic carbocycles. The quantitative estimate of drug-likeness (QED) is 0.739. The van der Waals surface area contributed by atoms with Crippen LogP contribution in [0.15, 0.2) is 18.2 Å². The number of nitrogen functional groups attached to an aromatic ring is 1. The van der Waals surface area contributed by atoms with Crippen molar-refractivity contribution in [1.29, 1.82) is 0 Å². The monoisotopic (exact) mass is 251 g/mol. The molecular weight excluding hydrogens is 226 g/mol. The predicted octanol–water partition coefficient (Wildman–Crippen LogP) is 1.33. The second kappa shape index (κ2) is 7.24. The molecule has 0 amide bonds. The van der Waals surface area contributed by atoms with Crippen LogP contribution in [0.1, 0.15) is 12.5 Å². The lowest BCUT2D eigenvalue weighted by atomic mass is 10.1. The van der Waals surface area contributed by atoms with Crippen LogP contribution in [-0.4, -0.2) is 49.8 Å². The Labute approximate surface area is 110 Å². The van der Waals surface area contributed by atoms with Crippen molar-refractivity contribution in [2.75, 3.05) is 50.5 Å². The first kappa shape index (κ1) is 14.8. The van der Waals surface area contributed by atoms with Crippen molar-refractivity contribution < 1.29 is 5.11 Å². The third-order valence-corrected chi connectivity index (χ3v) is 3.13. The number of hydrogen-bond acceptors (Lipinski definition) is 4. The van der Waals surface area contributed by atoms with Gasteiger partial charge >= 0.3 is 0 Å². The van der Waals surface area contributed by atoms with Crippen LogP contribution in [0.3, 0.4) is 0 Å². The van der Waals surface area contributed by atoms with Gasteiger partial charge in [0.25, 0.3) is 0 Å². The van der Waals surface area contributed by atoms with E-state index >= 15 is 0 Å².